The monoisotopic (exact) mass is 556 g/mol. The summed E-state index contributed by atoms with van der Waals surface area (Å²) in [6, 6.07) is 48.8. The van der Waals surface area contributed by atoms with Crippen molar-refractivity contribution in [3.05, 3.63) is 161 Å². The second kappa shape index (κ2) is 13.3. The van der Waals surface area contributed by atoms with E-state index in [0.29, 0.717) is 0 Å². The molecule has 1 aliphatic heterocycles. The van der Waals surface area contributed by atoms with Gasteiger partial charge in [-0.25, -0.2) is 0 Å². The number of benzene rings is 5. The molecule has 0 bridgehead atoms. The van der Waals surface area contributed by atoms with Gasteiger partial charge in [0.1, 0.15) is 0 Å². The summed E-state index contributed by atoms with van der Waals surface area (Å²) in [5, 5.41) is 0. The molecular formula is C38H38NTi. The van der Waals surface area contributed by atoms with Gasteiger partial charge in [0.2, 0.25) is 0 Å². The summed E-state index contributed by atoms with van der Waals surface area (Å²) in [6.45, 7) is 2.46. The van der Waals surface area contributed by atoms with E-state index in [1.165, 1.54) is 84.7 Å². The van der Waals surface area contributed by atoms with Crippen molar-refractivity contribution in [3.8, 4) is 11.1 Å². The molecule has 2 aliphatic rings. The molecule has 2 heteroatoms. The van der Waals surface area contributed by atoms with E-state index in [4.69, 9.17) is 0 Å². The quantitative estimate of drug-likeness (QED) is 0.177. The number of fused-ring (bicyclic) bond motifs is 3. The zero-order valence-electron chi connectivity index (χ0n) is 23.3. The van der Waals surface area contributed by atoms with Crippen molar-refractivity contribution in [2.45, 2.75) is 33.4 Å². The van der Waals surface area contributed by atoms with E-state index in [9.17, 15) is 0 Å². The second-order valence-corrected chi connectivity index (χ2v) is 15.1. The van der Waals surface area contributed by atoms with Gasteiger partial charge in [0, 0.05) is 18.8 Å². The fraction of sp³-hybridized carbons (Fsp3) is 0.211. The van der Waals surface area contributed by atoms with Gasteiger partial charge < -0.3 is 4.90 Å². The Morgan fingerprint density at radius 2 is 0.950 bits per heavy atom. The van der Waals surface area contributed by atoms with E-state index in [1.807, 2.05) is 0 Å². The van der Waals surface area contributed by atoms with Crippen molar-refractivity contribution >= 4 is 5.69 Å². The maximum atomic E-state index is 2.52. The zero-order chi connectivity index (χ0) is 27.0. The predicted octanol–water partition coefficient (Wildman–Crippen LogP) is 9.06. The Balaban J connectivity index is 0.000000147. The summed E-state index contributed by atoms with van der Waals surface area (Å²) in [5.74, 6) is 0. The number of anilines is 1. The molecule has 199 valence electrons. The Kier molecular flexibility index (Phi) is 8.93. The SMILES string of the molecule is c1ccc([CH2][Ti]([CH2]c2ccccc2)[CH2]c2ccccc2)cc1.c1ccc2c(c1)Cc1cc(N3CCCC3)ccc1-2. The Bertz CT molecular complexity index is 1390. The van der Waals surface area contributed by atoms with Crippen LogP contribution in [0.5, 0.6) is 0 Å². The molecule has 0 aromatic heterocycles. The first-order valence-corrected chi connectivity index (χ1v) is 18.0. The van der Waals surface area contributed by atoms with Crippen molar-refractivity contribution in [3.63, 3.8) is 0 Å². The molecule has 40 heavy (non-hydrogen) atoms. The summed E-state index contributed by atoms with van der Waals surface area (Å²) < 4.78 is 3.89. The molecule has 0 atom stereocenters. The molecule has 0 radical (unpaired) electrons. The van der Waals surface area contributed by atoms with Crippen molar-refractivity contribution in [2.75, 3.05) is 18.0 Å². The third-order valence-electron chi connectivity index (χ3n) is 8.14. The minimum atomic E-state index is -1.22. The fourth-order valence-electron chi connectivity index (χ4n) is 6.14. The largest absolute Gasteiger partial charge is 0.372 e. The molecule has 0 amide bonds. The van der Waals surface area contributed by atoms with Gasteiger partial charge in [0.05, 0.1) is 0 Å². The molecule has 1 nitrogen and oxygen atoms in total. The molecule has 5 aromatic carbocycles. The first-order valence-electron chi connectivity index (χ1n) is 14.7. The van der Waals surface area contributed by atoms with E-state index in [-0.39, 0.29) is 0 Å². The van der Waals surface area contributed by atoms with Crippen molar-refractivity contribution in [1.82, 2.24) is 0 Å². The van der Waals surface area contributed by atoms with Crippen LogP contribution in [0.3, 0.4) is 0 Å². The smallest absolute Gasteiger partial charge is 0.0369 e. The first-order chi connectivity index (χ1) is 19.8. The van der Waals surface area contributed by atoms with Gasteiger partial charge in [0.25, 0.3) is 0 Å². The number of hydrogen-bond donors (Lipinski definition) is 0. The van der Waals surface area contributed by atoms with Gasteiger partial charge in [-0.3, -0.25) is 0 Å². The zero-order valence-corrected chi connectivity index (χ0v) is 24.9. The fourth-order valence-corrected chi connectivity index (χ4v) is 10.5. The molecule has 5 aromatic rings. The molecule has 0 spiro atoms. The summed E-state index contributed by atoms with van der Waals surface area (Å²) >= 11 is -1.22. The third kappa shape index (κ3) is 6.84. The van der Waals surface area contributed by atoms with Gasteiger partial charge in [-0.2, -0.15) is 0 Å². The summed E-state index contributed by atoms with van der Waals surface area (Å²) in [6.07, 6.45) is 3.79. The molecular weight excluding hydrogens is 518 g/mol. The maximum Gasteiger partial charge on any atom is 0.0369 e. The second-order valence-electron chi connectivity index (χ2n) is 11.1. The van der Waals surface area contributed by atoms with E-state index < -0.39 is 17.9 Å². The van der Waals surface area contributed by atoms with Crippen LogP contribution in [0.4, 0.5) is 5.69 Å². The van der Waals surface area contributed by atoms with Gasteiger partial charge in [0.15, 0.2) is 0 Å². The normalized spacial score (nSPS) is 13.2. The van der Waals surface area contributed by atoms with Crippen LogP contribution < -0.4 is 4.90 Å². The van der Waals surface area contributed by atoms with Crippen LogP contribution in [0.15, 0.2) is 133 Å². The van der Waals surface area contributed by atoms with Crippen LogP contribution in [-0.4, -0.2) is 13.1 Å². The Morgan fingerprint density at radius 1 is 0.475 bits per heavy atom. The van der Waals surface area contributed by atoms with E-state index >= 15 is 0 Å². The minimum Gasteiger partial charge on any atom is -0.372 e. The molecule has 0 unspecified atom stereocenters. The van der Waals surface area contributed by atoms with E-state index in [0.717, 1.165) is 6.42 Å². The van der Waals surface area contributed by atoms with Crippen LogP contribution in [0, 0.1) is 0 Å². The summed E-state index contributed by atoms with van der Waals surface area (Å²) in [5.41, 5.74) is 11.8. The van der Waals surface area contributed by atoms with Crippen molar-refractivity contribution < 1.29 is 17.9 Å². The third-order valence-corrected chi connectivity index (χ3v) is 12.4. The topological polar surface area (TPSA) is 3.24 Å². The van der Waals surface area contributed by atoms with Gasteiger partial charge >= 0.3 is 140 Å². The molecule has 0 N–H and O–H groups in total. The maximum absolute atomic E-state index is 2.52. The van der Waals surface area contributed by atoms with E-state index in [1.54, 1.807) is 0 Å². The summed E-state index contributed by atoms with van der Waals surface area (Å²) in [7, 11) is 0. The first kappa shape index (κ1) is 26.8. The molecule has 7 rings (SSSR count). The van der Waals surface area contributed by atoms with Crippen LogP contribution in [0.1, 0.15) is 40.7 Å². The van der Waals surface area contributed by atoms with Crippen LogP contribution in [0.25, 0.3) is 11.1 Å². The van der Waals surface area contributed by atoms with Crippen LogP contribution >= 0.6 is 0 Å². The van der Waals surface area contributed by atoms with E-state index in [2.05, 4.69) is 138 Å². The van der Waals surface area contributed by atoms with Crippen LogP contribution in [-0.2, 0) is 38.5 Å². The average molecular weight is 557 g/mol. The van der Waals surface area contributed by atoms with Gasteiger partial charge in [-0.15, -0.1) is 0 Å². The average Bonchev–Trinajstić information content (AvgIpc) is 3.67. The van der Waals surface area contributed by atoms with Crippen molar-refractivity contribution in [2.24, 2.45) is 0 Å². The van der Waals surface area contributed by atoms with Gasteiger partial charge in [-0.05, 0) is 53.6 Å². The molecule has 1 saturated heterocycles. The van der Waals surface area contributed by atoms with Crippen LogP contribution in [0.2, 0.25) is 0 Å². The Morgan fingerprint density at radius 3 is 1.50 bits per heavy atom. The molecule has 1 heterocycles. The predicted molar refractivity (Wildman–Crippen MR) is 167 cm³/mol. The minimum absolute atomic E-state index is 1.10. The van der Waals surface area contributed by atoms with Crippen molar-refractivity contribution in [1.29, 1.82) is 0 Å². The summed E-state index contributed by atoms with van der Waals surface area (Å²) in [4.78, 5) is 2.52. The number of hydrogen-bond acceptors (Lipinski definition) is 1. The number of nitrogens with zero attached hydrogens (tertiary/aromatic N) is 1. The van der Waals surface area contributed by atoms with Gasteiger partial charge in [-0.1, -0.05) is 30.3 Å². The molecule has 1 aliphatic carbocycles. The Labute approximate surface area is 246 Å². The standard InChI is InChI=1S/C17H17N.3C7H7.Ti/c1-2-6-16-13(5-1)11-14-12-15(7-8-17(14)16)18-9-3-4-10-18;3*1-7-5-3-2-4-6-7;/h1-2,5-8,12H,3-4,9-11H2;3*2-6H,1H2;. The Hall–Kier alpha value is -3.39. The molecule has 0 saturated carbocycles. The molecule has 1 fully saturated rings. The number of rotatable bonds is 7.